The van der Waals surface area contributed by atoms with E-state index in [1.165, 1.54) is 14.2 Å². The lowest BCUT2D eigenvalue weighted by atomic mass is 10.0. The quantitative estimate of drug-likeness (QED) is 0.690. The monoisotopic (exact) mass is 366 g/mol. The molecule has 0 radical (unpaired) electrons. The molecule has 0 aliphatic rings. The molecule has 140 valence electrons. The molecule has 2 aromatic carbocycles. The Morgan fingerprint density at radius 1 is 1.19 bits per heavy atom. The van der Waals surface area contributed by atoms with E-state index in [0.717, 1.165) is 5.69 Å². The lowest BCUT2D eigenvalue weighted by Crippen LogP contribution is -2.25. The minimum atomic E-state index is -1.18. The second-order valence-electron chi connectivity index (χ2n) is 5.92. The van der Waals surface area contributed by atoms with Crippen molar-refractivity contribution < 1.29 is 19.4 Å². The standard InChI is InChI=1S/C20H21N3O4/c1-13-15(11-19(24)25)17(26-2)12-16(20(13)27-3)21-18-9-10-23(22-18)14-7-5-4-6-8-14/h4-10,12H,11H2,1-3H3,(H,21,22)(H,24,25)/p-1. The number of nitrogens with one attached hydrogen (secondary N) is 1. The number of nitrogens with zero attached hydrogens (tertiary/aromatic N) is 2. The molecule has 0 spiro atoms. The highest BCUT2D eigenvalue weighted by atomic mass is 16.5. The molecule has 7 heteroatoms. The Kier molecular flexibility index (Phi) is 5.30. The summed E-state index contributed by atoms with van der Waals surface area (Å²) in [6, 6.07) is 13.3. The zero-order valence-corrected chi connectivity index (χ0v) is 15.4. The number of aromatic nitrogens is 2. The van der Waals surface area contributed by atoms with E-state index in [-0.39, 0.29) is 6.42 Å². The number of hydrogen-bond acceptors (Lipinski definition) is 6. The van der Waals surface area contributed by atoms with Crippen molar-refractivity contribution in [3.05, 3.63) is 59.8 Å². The fraction of sp³-hybridized carbons (Fsp3) is 0.200. The highest BCUT2D eigenvalue weighted by molar-refractivity contribution is 5.76. The van der Waals surface area contributed by atoms with E-state index in [1.807, 2.05) is 42.6 Å². The Morgan fingerprint density at radius 3 is 2.56 bits per heavy atom. The highest BCUT2D eigenvalue weighted by Gasteiger charge is 2.17. The molecule has 0 saturated carbocycles. The summed E-state index contributed by atoms with van der Waals surface area (Å²) < 4.78 is 12.6. The first-order valence-corrected chi connectivity index (χ1v) is 8.36. The number of carboxylic acid groups (broad SMARTS) is 1. The fourth-order valence-electron chi connectivity index (χ4n) is 2.96. The van der Waals surface area contributed by atoms with Crippen molar-refractivity contribution >= 4 is 17.5 Å². The molecule has 3 rings (SSSR count). The van der Waals surface area contributed by atoms with E-state index in [1.54, 1.807) is 17.7 Å². The Balaban J connectivity index is 1.96. The van der Waals surface area contributed by atoms with Crippen molar-refractivity contribution in [2.24, 2.45) is 0 Å². The normalized spacial score (nSPS) is 10.5. The Hall–Kier alpha value is -3.48. The predicted molar refractivity (Wildman–Crippen MR) is 99.8 cm³/mol. The van der Waals surface area contributed by atoms with Gasteiger partial charge in [-0.2, -0.15) is 5.10 Å². The number of carboxylic acids is 1. The van der Waals surface area contributed by atoms with Crippen LogP contribution in [0, 0.1) is 6.92 Å². The molecule has 1 aromatic heterocycles. The summed E-state index contributed by atoms with van der Waals surface area (Å²) in [4.78, 5) is 11.1. The first kappa shape index (κ1) is 18.3. The van der Waals surface area contributed by atoms with E-state index in [9.17, 15) is 9.90 Å². The van der Waals surface area contributed by atoms with Crippen LogP contribution in [0.3, 0.4) is 0 Å². The molecule has 7 nitrogen and oxygen atoms in total. The van der Waals surface area contributed by atoms with Gasteiger partial charge >= 0.3 is 0 Å². The number of carbonyl (C=O) groups excluding carboxylic acids is 1. The van der Waals surface area contributed by atoms with E-state index in [4.69, 9.17) is 9.47 Å². The van der Waals surface area contributed by atoms with Crippen LogP contribution in [0.25, 0.3) is 5.69 Å². The van der Waals surface area contributed by atoms with Crippen LogP contribution in [0.4, 0.5) is 11.5 Å². The van der Waals surface area contributed by atoms with Crippen molar-refractivity contribution in [3.63, 3.8) is 0 Å². The van der Waals surface area contributed by atoms with Gasteiger partial charge in [0.15, 0.2) is 5.82 Å². The number of methoxy groups -OCH3 is 2. The lowest BCUT2D eigenvalue weighted by molar-refractivity contribution is -0.304. The molecule has 1 heterocycles. The zero-order chi connectivity index (χ0) is 19.4. The van der Waals surface area contributed by atoms with Gasteiger partial charge in [-0.15, -0.1) is 0 Å². The number of hydrogen-bond donors (Lipinski definition) is 1. The van der Waals surface area contributed by atoms with Crippen LogP contribution in [0.15, 0.2) is 48.7 Å². The van der Waals surface area contributed by atoms with Gasteiger partial charge in [-0.25, -0.2) is 4.68 Å². The summed E-state index contributed by atoms with van der Waals surface area (Å²) in [5.41, 5.74) is 2.77. The lowest BCUT2D eigenvalue weighted by Gasteiger charge is -2.19. The smallest absolute Gasteiger partial charge is 0.152 e. The van der Waals surface area contributed by atoms with Crippen LogP contribution in [-0.4, -0.2) is 30.0 Å². The topological polar surface area (TPSA) is 88.4 Å². The minimum absolute atomic E-state index is 0.256. The average Bonchev–Trinajstić information content (AvgIpc) is 3.13. The van der Waals surface area contributed by atoms with Gasteiger partial charge in [0, 0.05) is 41.8 Å². The van der Waals surface area contributed by atoms with Gasteiger partial charge in [0.2, 0.25) is 0 Å². The molecule has 0 atom stereocenters. The van der Waals surface area contributed by atoms with Crippen LogP contribution in [0.2, 0.25) is 0 Å². The summed E-state index contributed by atoms with van der Waals surface area (Å²) in [6.07, 6.45) is 1.59. The molecule has 27 heavy (non-hydrogen) atoms. The van der Waals surface area contributed by atoms with Crippen molar-refractivity contribution in [1.82, 2.24) is 9.78 Å². The first-order valence-electron chi connectivity index (χ1n) is 8.36. The number of ether oxygens (including phenoxy) is 2. The minimum Gasteiger partial charge on any atom is -0.550 e. The molecule has 0 bridgehead atoms. The largest absolute Gasteiger partial charge is 0.550 e. The van der Waals surface area contributed by atoms with Gasteiger partial charge in [-0.1, -0.05) is 18.2 Å². The second-order valence-corrected chi connectivity index (χ2v) is 5.92. The molecule has 0 fully saturated rings. The fourth-order valence-corrected chi connectivity index (χ4v) is 2.96. The predicted octanol–water partition coefficient (Wildman–Crippen LogP) is 2.23. The molecule has 0 amide bonds. The molecule has 1 N–H and O–H groups in total. The third kappa shape index (κ3) is 3.87. The summed E-state index contributed by atoms with van der Waals surface area (Å²) in [6.45, 7) is 1.79. The number of rotatable bonds is 7. The summed E-state index contributed by atoms with van der Waals surface area (Å²) in [5, 5.41) is 18.8. The van der Waals surface area contributed by atoms with Gasteiger partial charge in [0.25, 0.3) is 0 Å². The molecular formula is C20H20N3O4-. The van der Waals surface area contributed by atoms with Gasteiger partial charge in [0.05, 0.1) is 25.6 Å². The average molecular weight is 366 g/mol. The maximum absolute atomic E-state index is 11.1. The Labute approximate surface area is 157 Å². The Bertz CT molecular complexity index is 951. The van der Waals surface area contributed by atoms with Crippen molar-refractivity contribution in [1.29, 1.82) is 0 Å². The number of para-hydroxylation sites is 1. The van der Waals surface area contributed by atoms with Gasteiger partial charge in [0.1, 0.15) is 11.5 Å². The number of aliphatic carboxylic acids is 1. The number of carbonyl (C=O) groups is 1. The van der Waals surface area contributed by atoms with Crippen molar-refractivity contribution in [2.45, 2.75) is 13.3 Å². The summed E-state index contributed by atoms with van der Waals surface area (Å²) >= 11 is 0. The van der Waals surface area contributed by atoms with Gasteiger partial charge < -0.3 is 24.7 Å². The number of benzene rings is 2. The van der Waals surface area contributed by atoms with Crippen molar-refractivity contribution in [2.75, 3.05) is 19.5 Å². The number of anilines is 2. The van der Waals surface area contributed by atoms with Crippen LogP contribution >= 0.6 is 0 Å². The molecule has 0 aliphatic carbocycles. The second kappa shape index (κ2) is 7.82. The van der Waals surface area contributed by atoms with Crippen molar-refractivity contribution in [3.8, 4) is 17.2 Å². The third-order valence-electron chi connectivity index (χ3n) is 4.23. The molecular weight excluding hydrogens is 346 g/mol. The van der Waals surface area contributed by atoms with Gasteiger partial charge in [-0.05, 0) is 19.1 Å². The summed E-state index contributed by atoms with van der Waals surface area (Å²) in [7, 11) is 3.03. The molecule has 3 aromatic rings. The molecule has 0 saturated heterocycles. The zero-order valence-electron chi connectivity index (χ0n) is 15.4. The summed E-state index contributed by atoms with van der Waals surface area (Å²) in [5.74, 6) is 0.413. The maximum Gasteiger partial charge on any atom is 0.152 e. The van der Waals surface area contributed by atoms with Crippen LogP contribution in [0.1, 0.15) is 11.1 Å². The van der Waals surface area contributed by atoms with Crippen LogP contribution in [-0.2, 0) is 11.2 Å². The SMILES string of the molecule is COc1cc(Nc2ccn(-c3ccccc3)n2)c(OC)c(C)c1CC(=O)[O-]. The van der Waals surface area contributed by atoms with Gasteiger partial charge in [-0.3, -0.25) is 0 Å². The van der Waals surface area contributed by atoms with Crippen LogP contribution in [0.5, 0.6) is 11.5 Å². The van der Waals surface area contributed by atoms with E-state index in [2.05, 4.69) is 10.4 Å². The van der Waals surface area contributed by atoms with E-state index >= 15 is 0 Å². The first-order chi connectivity index (χ1) is 13.0. The third-order valence-corrected chi connectivity index (χ3v) is 4.23. The van der Waals surface area contributed by atoms with E-state index < -0.39 is 5.97 Å². The van der Waals surface area contributed by atoms with E-state index in [0.29, 0.717) is 34.1 Å². The molecule has 0 unspecified atom stereocenters. The maximum atomic E-state index is 11.1. The Morgan fingerprint density at radius 2 is 1.93 bits per heavy atom. The van der Waals surface area contributed by atoms with Crippen LogP contribution < -0.4 is 19.9 Å². The highest BCUT2D eigenvalue weighted by Crippen LogP contribution is 2.39. The molecule has 0 aliphatic heterocycles.